The molecule has 0 saturated heterocycles. The van der Waals surface area contributed by atoms with E-state index >= 15 is 0 Å². The third-order valence-corrected chi connectivity index (χ3v) is 9.94. The standard InChI is InChI=1S/C44H59N9O11/c1-26(54)38(53-37(57)25-48-39(58)31(46)22-29-15-17-30(55)18-16-29)43(62)49-32(19-20-36(47)56)40(59)51-35(24-28-12-6-3-7-13-28)42(61)52-34(23-27-10-4-2-5-11-27)41(60)50-33(44(63)64)14-8-9-21-45/h2-7,10-13,15-18,26,31-35,38,54-55H,8-9,14,19-25,45-46H2,1H3,(H2,47,56)(H,48,58)(H,49,62)(H,50,60)(H,51,59)(H,52,61)(H,53,57)(H,63,64)/t26-,31+,32+,33+,34+,35+,38+/m1/s1. The van der Waals surface area contributed by atoms with Crippen molar-refractivity contribution in [3.05, 3.63) is 102 Å². The van der Waals surface area contributed by atoms with E-state index in [1.54, 1.807) is 72.8 Å². The van der Waals surface area contributed by atoms with Gasteiger partial charge < -0.3 is 64.4 Å². The number of primary amides is 1. The number of hydrogen-bond donors (Lipinski definition) is 12. The molecular formula is C44H59N9O11. The van der Waals surface area contributed by atoms with E-state index in [4.69, 9.17) is 17.2 Å². The van der Waals surface area contributed by atoms with Crippen molar-refractivity contribution in [2.75, 3.05) is 13.1 Å². The number of phenols is 1. The number of amides is 7. The summed E-state index contributed by atoms with van der Waals surface area (Å²) in [6, 6.07) is 14.8. The van der Waals surface area contributed by atoms with Gasteiger partial charge in [0.1, 0.15) is 36.0 Å². The van der Waals surface area contributed by atoms with Crippen molar-refractivity contribution in [3.63, 3.8) is 0 Å². The summed E-state index contributed by atoms with van der Waals surface area (Å²) in [6.45, 7) is 0.875. The SMILES string of the molecule is C[C@@H](O)[C@H](NC(=O)CNC(=O)[C@@H](N)Cc1ccc(O)cc1)C(=O)N[C@@H](CCC(N)=O)C(=O)N[C@@H](Cc1ccccc1)C(=O)N[C@@H](Cc1ccccc1)C(=O)N[C@@H](CCCCN)C(=O)O. The second kappa shape index (κ2) is 26.5. The molecular weight excluding hydrogens is 831 g/mol. The van der Waals surface area contributed by atoms with E-state index in [-0.39, 0.29) is 37.9 Å². The number of phenolic OH excluding ortho intramolecular Hbond substituents is 1. The van der Waals surface area contributed by atoms with Crippen LogP contribution < -0.4 is 49.1 Å². The van der Waals surface area contributed by atoms with E-state index in [0.29, 0.717) is 36.1 Å². The first-order chi connectivity index (χ1) is 30.5. The topological polar surface area (TPSA) is 347 Å². The van der Waals surface area contributed by atoms with Crippen molar-refractivity contribution in [1.29, 1.82) is 0 Å². The van der Waals surface area contributed by atoms with Gasteiger partial charge in [0.2, 0.25) is 41.4 Å². The number of aliphatic carboxylic acids is 1. The van der Waals surface area contributed by atoms with Gasteiger partial charge in [0.05, 0.1) is 18.7 Å². The zero-order valence-electron chi connectivity index (χ0n) is 35.5. The van der Waals surface area contributed by atoms with Crippen LogP contribution in [0.5, 0.6) is 5.75 Å². The van der Waals surface area contributed by atoms with Gasteiger partial charge in [-0.15, -0.1) is 0 Å². The number of hydrogen-bond acceptors (Lipinski definition) is 12. The molecule has 0 aliphatic carbocycles. The van der Waals surface area contributed by atoms with E-state index in [1.165, 1.54) is 19.1 Å². The second-order valence-corrected chi connectivity index (χ2v) is 15.2. The fourth-order valence-electron chi connectivity index (χ4n) is 6.41. The molecule has 3 rings (SSSR count). The molecule has 346 valence electrons. The summed E-state index contributed by atoms with van der Waals surface area (Å²) in [6.07, 6.45) is -1.38. The molecule has 3 aromatic carbocycles. The minimum atomic E-state index is -1.68. The zero-order chi connectivity index (χ0) is 47.2. The minimum absolute atomic E-state index is 0.0285. The lowest BCUT2D eigenvalue weighted by atomic mass is 10.0. The molecule has 0 fully saturated rings. The summed E-state index contributed by atoms with van der Waals surface area (Å²) in [5.74, 6) is -7.35. The first-order valence-electron chi connectivity index (χ1n) is 20.8. The maximum atomic E-state index is 14.2. The average Bonchev–Trinajstić information content (AvgIpc) is 3.26. The summed E-state index contributed by atoms with van der Waals surface area (Å²) in [7, 11) is 0. The predicted molar refractivity (Wildman–Crippen MR) is 233 cm³/mol. The number of nitrogens with one attached hydrogen (secondary N) is 6. The molecule has 0 unspecified atom stereocenters. The number of aliphatic hydroxyl groups excluding tert-OH is 1. The molecule has 0 aliphatic heterocycles. The van der Waals surface area contributed by atoms with Gasteiger partial charge in [-0.05, 0) is 74.4 Å². The summed E-state index contributed by atoms with van der Waals surface area (Å²) in [4.78, 5) is 105. The Kier molecular flexibility index (Phi) is 21.3. The van der Waals surface area contributed by atoms with E-state index in [9.17, 15) is 53.7 Å². The molecule has 0 aromatic heterocycles. The monoisotopic (exact) mass is 889 g/mol. The summed E-state index contributed by atoms with van der Waals surface area (Å²) in [5.41, 5.74) is 18.8. The van der Waals surface area contributed by atoms with Gasteiger partial charge in [0, 0.05) is 19.3 Å². The van der Waals surface area contributed by atoms with Crippen LogP contribution in [-0.4, -0.2) is 118 Å². The number of carboxylic acids is 1. The van der Waals surface area contributed by atoms with Crippen molar-refractivity contribution < 1.29 is 53.7 Å². The number of carbonyl (C=O) groups excluding carboxylic acids is 7. The summed E-state index contributed by atoms with van der Waals surface area (Å²) in [5, 5.41) is 44.6. The van der Waals surface area contributed by atoms with Crippen LogP contribution in [0.1, 0.15) is 55.7 Å². The Morgan fingerprint density at radius 3 is 1.56 bits per heavy atom. The fourth-order valence-corrected chi connectivity index (χ4v) is 6.41. The Bertz CT molecular complexity index is 2020. The van der Waals surface area contributed by atoms with Gasteiger partial charge in [-0.1, -0.05) is 72.8 Å². The largest absolute Gasteiger partial charge is 0.508 e. The Hall–Kier alpha value is -6.90. The molecule has 0 spiro atoms. The molecule has 20 nitrogen and oxygen atoms in total. The molecule has 0 saturated carbocycles. The van der Waals surface area contributed by atoms with Crippen molar-refractivity contribution in [2.24, 2.45) is 17.2 Å². The Morgan fingerprint density at radius 2 is 1.08 bits per heavy atom. The van der Waals surface area contributed by atoms with Crippen molar-refractivity contribution in [2.45, 2.75) is 101 Å². The molecule has 0 bridgehead atoms. The predicted octanol–water partition coefficient (Wildman–Crippen LogP) is -1.85. The number of carboxylic acid groups (broad SMARTS) is 1. The quantitative estimate of drug-likeness (QED) is 0.0375. The van der Waals surface area contributed by atoms with E-state index in [2.05, 4.69) is 31.9 Å². The maximum absolute atomic E-state index is 14.2. The molecule has 0 aliphatic rings. The van der Waals surface area contributed by atoms with Crippen LogP contribution in [0.3, 0.4) is 0 Å². The number of benzene rings is 3. The highest BCUT2D eigenvalue weighted by Crippen LogP contribution is 2.12. The number of aliphatic hydroxyl groups is 1. The van der Waals surface area contributed by atoms with E-state index in [1.807, 2.05) is 0 Å². The van der Waals surface area contributed by atoms with Gasteiger partial charge >= 0.3 is 5.97 Å². The van der Waals surface area contributed by atoms with Crippen LogP contribution in [-0.2, 0) is 57.6 Å². The number of aromatic hydroxyl groups is 1. The minimum Gasteiger partial charge on any atom is -0.508 e. The third kappa shape index (κ3) is 18.2. The van der Waals surface area contributed by atoms with Crippen LogP contribution in [0.2, 0.25) is 0 Å². The van der Waals surface area contributed by atoms with Crippen molar-refractivity contribution in [1.82, 2.24) is 31.9 Å². The molecule has 0 heterocycles. The smallest absolute Gasteiger partial charge is 0.326 e. The lowest BCUT2D eigenvalue weighted by molar-refractivity contribution is -0.142. The first kappa shape index (κ1) is 51.5. The average molecular weight is 890 g/mol. The van der Waals surface area contributed by atoms with Crippen LogP contribution in [0, 0.1) is 0 Å². The van der Waals surface area contributed by atoms with Gasteiger partial charge in [-0.2, -0.15) is 0 Å². The number of rotatable bonds is 27. The molecule has 3 aromatic rings. The van der Waals surface area contributed by atoms with E-state index < -0.39 is 103 Å². The summed E-state index contributed by atoms with van der Waals surface area (Å²) < 4.78 is 0. The number of unbranched alkanes of at least 4 members (excludes halogenated alkanes) is 1. The lowest BCUT2D eigenvalue weighted by Gasteiger charge is -2.27. The highest BCUT2D eigenvalue weighted by Gasteiger charge is 2.34. The summed E-state index contributed by atoms with van der Waals surface area (Å²) >= 11 is 0. The van der Waals surface area contributed by atoms with Crippen LogP contribution in [0.4, 0.5) is 0 Å². The third-order valence-electron chi connectivity index (χ3n) is 9.94. The van der Waals surface area contributed by atoms with Crippen LogP contribution in [0.15, 0.2) is 84.9 Å². The molecule has 0 radical (unpaired) electrons. The van der Waals surface area contributed by atoms with Crippen LogP contribution >= 0.6 is 0 Å². The molecule has 7 amide bonds. The molecule has 64 heavy (non-hydrogen) atoms. The highest BCUT2D eigenvalue weighted by molar-refractivity contribution is 5.97. The van der Waals surface area contributed by atoms with Gasteiger partial charge in [-0.25, -0.2) is 4.79 Å². The Balaban J connectivity index is 1.81. The maximum Gasteiger partial charge on any atom is 0.326 e. The Labute approximate surface area is 370 Å². The molecule has 7 atom stereocenters. The van der Waals surface area contributed by atoms with Crippen LogP contribution in [0.25, 0.3) is 0 Å². The number of carbonyl (C=O) groups is 8. The van der Waals surface area contributed by atoms with Gasteiger partial charge in [-0.3, -0.25) is 33.6 Å². The van der Waals surface area contributed by atoms with Crippen molar-refractivity contribution in [3.8, 4) is 5.75 Å². The van der Waals surface area contributed by atoms with Crippen molar-refractivity contribution >= 4 is 47.3 Å². The van der Waals surface area contributed by atoms with Gasteiger partial charge in [0.15, 0.2) is 0 Å². The first-order valence-corrected chi connectivity index (χ1v) is 20.8. The number of nitrogens with two attached hydrogens (primary N) is 3. The van der Waals surface area contributed by atoms with E-state index in [0.717, 1.165) is 0 Å². The second-order valence-electron chi connectivity index (χ2n) is 15.2. The Morgan fingerprint density at radius 1 is 0.594 bits per heavy atom. The molecule has 15 N–H and O–H groups in total. The lowest BCUT2D eigenvalue weighted by Crippen LogP contribution is -2.61. The zero-order valence-corrected chi connectivity index (χ0v) is 35.5. The highest BCUT2D eigenvalue weighted by atomic mass is 16.4. The normalized spacial score (nSPS) is 14.2. The van der Waals surface area contributed by atoms with Gasteiger partial charge in [0.25, 0.3) is 0 Å². The fraction of sp³-hybridized carbons (Fsp3) is 0.409. The molecule has 20 heteroatoms.